The summed E-state index contributed by atoms with van der Waals surface area (Å²) >= 11 is 0. The predicted octanol–water partition coefficient (Wildman–Crippen LogP) is 2.38. The average molecular weight is 260 g/mol. The molecule has 19 heavy (non-hydrogen) atoms. The second-order valence-electron chi connectivity index (χ2n) is 4.45. The first-order valence-corrected chi connectivity index (χ1v) is 6.44. The Hall–Kier alpha value is -2.17. The first kappa shape index (κ1) is 11.9. The van der Waals surface area contributed by atoms with Gasteiger partial charge in [0.2, 0.25) is 6.79 Å². The number of ether oxygens (including phenoxy) is 2. The summed E-state index contributed by atoms with van der Waals surface area (Å²) in [6.07, 6.45) is 0. The molecule has 100 valence electrons. The lowest BCUT2D eigenvalue weighted by molar-refractivity contribution is 0.0768. The normalized spacial score (nSPS) is 12.9. The van der Waals surface area contributed by atoms with Crippen molar-refractivity contribution in [3.63, 3.8) is 0 Å². The van der Waals surface area contributed by atoms with E-state index in [4.69, 9.17) is 9.47 Å². The van der Waals surface area contributed by atoms with Crippen molar-refractivity contribution in [3.05, 3.63) is 23.9 Å². The van der Waals surface area contributed by atoms with Gasteiger partial charge in [-0.15, -0.1) is 0 Å². The lowest BCUT2D eigenvalue weighted by Gasteiger charge is -2.17. The Morgan fingerprint density at radius 1 is 1.21 bits per heavy atom. The molecule has 1 aromatic heterocycles. The van der Waals surface area contributed by atoms with Crippen LogP contribution >= 0.6 is 0 Å². The standard InChI is InChI=1S/C14H16N2O3/c1-3-16(4-2)14(17)11-5-9-6-12-13(19-8-18-12)7-10(9)15-11/h5-7,15H,3-4,8H2,1-2H3. The van der Waals surface area contributed by atoms with Crippen LogP contribution in [0.3, 0.4) is 0 Å². The molecule has 0 radical (unpaired) electrons. The molecule has 0 spiro atoms. The second kappa shape index (κ2) is 4.50. The summed E-state index contributed by atoms with van der Waals surface area (Å²) in [5, 5.41) is 0.958. The van der Waals surface area contributed by atoms with Crippen LogP contribution in [-0.4, -0.2) is 35.7 Å². The number of carbonyl (C=O) groups is 1. The highest BCUT2D eigenvalue weighted by Gasteiger charge is 2.18. The van der Waals surface area contributed by atoms with Gasteiger partial charge in [0, 0.05) is 30.1 Å². The number of hydrogen-bond acceptors (Lipinski definition) is 3. The van der Waals surface area contributed by atoms with Crippen molar-refractivity contribution in [2.75, 3.05) is 19.9 Å². The summed E-state index contributed by atoms with van der Waals surface area (Å²) in [5.41, 5.74) is 1.49. The number of nitrogens with zero attached hydrogens (tertiary/aromatic N) is 1. The smallest absolute Gasteiger partial charge is 0.270 e. The number of fused-ring (bicyclic) bond motifs is 2. The maximum absolute atomic E-state index is 12.3. The van der Waals surface area contributed by atoms with Crippen molar-refractivity contribution >= 4 is 16.8 Å². The summed E-state index contributed by atoms with van der Waals surface area (Å²) in [6, 6.07) is 5.63. The fraction of sp³-hybridized carbons (Fsp3) is 0.357. The minimum absolute atomic E-state index is 0.0168. The molecule has 3 rings (SSSR count). The molecule has 0 bridgehead atoms. The summed E-state index contributed by atoms with van der Waals surface area (Å²) in [5.74, 6) is 1.47. The van der Waals surface area contributed by atoms with Gasteiger partial charge in [0.15, 0.2) is 11.5 Å². The van der Waals surface area contributed by atoms with Crippen molar-refractivity contribution < 1.29 is 14.3 Å². The van der Waals surface area contributed by atoms with Crippen LogP contribution in [0.5, 0.6) is 11.5 Å². The quantitative estimate of drug-likeness (QED) is 0.921. The molecule has 1 aliphatic rings. The highest BCUT2D eigenvalue weighted by molar-refractivity contribution is 5.98. The molecule has 1 aliphatic heterocycles. The largest absolute Gasteiger partial charge is 0.454 e. The molecule has 0 saturated carbocycles. The van der Waals surface area contributed by atoms with E-state index in [1.54, 1.807) is 4.90 Å². The van der Waals surface area contributed by atoms with Gasteiger partial charge >= 0.3 is 0 Å². The SMILES string of the molecule is CCN(CC)C(=O)c1cc2cc3c(cc2[nH]1)OCO3. The maximum atomic E-state index is 12.3. The van der Waals surface area contributed by atoms with Crippen LogP contribution in [0.1, 0.15) is 24.3 Å². The van der Waals surface area contributed by atoms with Crippen molar-refractivity contribution in [3.8, 4) is 11.5 Å². The van der Waals surface area contributed by atoms with Gasteiger partial charge in [-0.1, -0.05) is 0 Å². The zero-order chi connectivity index (χ0) is 13.4. The van der Waals surface area contributed by atoms with Crippen LogP contribution in [0.15, 0.2) is 18.2 Å². The van der Waals surface area contributed by atoms with Crippen LogP contribution in [0.25, 0.3) is 10.9 Å². The number of benzene rings is 1. The number of rotatable bonds is 3. The fourth-order valence-corrected chi connectivity index (χ4v) is 2.32. The molecule has 0 aliphatic carbocycles. The summed E-state index contributed by atoms with van der Waals surface area (Å²) in [4.78, 5) is 17.2. The number of amides is 1. The van der Waals surface area contributed by atoms with Gasteiger partial charge in [0.25, 0.3) is 5.91 Å². The Balaban J connectivity index is 2.00. The molecule has 0 unspecified atom stereocenters. The first-order chi connectivity index (χ1) is 9.22. The molecular formula is C14H16N2O3. The summed E-state index contributed by atoms with van der Waals surface area (Å²) < 4.78 is 10.7. The van der Waals surface area contributed by atoms with Crippen molar-refractivity contribution in [1.29, 1.82) is 0 Å². The summed E-state index contributed by atoms with van der Waals surface area (Å²) in [6.45, 7) is 5.61. The van der Waals surface area contributed by atoms with E-state index >= 15 is 0 Å². The van der Waals surface area contributed by atoms with Gasteiger partial charge < -0.3 is 19.4 Å². The Morgan fingerprint density at radius 2 is 1.89 bits per heavy atom. The molecule has 1 N–H and O–H groups in total. The van der Waals surface area contributed by atoms with E-state index < -0.39 is 0 Å². The minimum Gasteiger partial charge on any atom is -0.454 e. The van der Waals surface area contributed by atoms with E-state index in [9.17, 15) is 4.79 Å². The Bertz CT molecular complexity index is 588. The van der Waals surface area contributed by atoms with Crippen molar-refractivity contribution in [1.82, 2.24) is 9.88 Å². The van der Waals surface area contributed by atoms with Crippen LogP contribution in [0, 0.1) is 0 Å². The predicted molar refractivity (Wildman–Crippen MR) is 71.7 cm³/mol. The molecule has 0 fully saturated rings. The number of H-pyrrole nitrogens is 1. The number of hydrogen-bond donors (Lipinski definition) is 1. The van der Waals surface area contributed by atoms with E-state index in [2.05, 4.69) is 4.98 Å². The third-order valence-corrected chi connectivity index (χ3v) is 3.39. The Morgan fingerprint density at radius 3 is 2.58 bits per heavy atom. The zero-order valence-electron chi connectivity index (χ0n) is 11.0. The molecule has 2 aromatic rings. The lowest BCUT2D eigenvalue weighted by Crippen LogP contribution is -2.30. The average Bonchev–Trinajstić information content (AvgIpc) is 3.01. The van der Waals surface area contributed by atoms with Gasteiger partial charge in [-0.25, -0.2) is 0 Å². The van der Waals surface area contributed by atoms with Gasteiger partial charge in [0.1, 0.15) is 5.69 Å². The van der Waals surface area contributed by atoms with E-state index in [0.29, 0.717) is 18.8 Å². The third-order valence-electron chi connectivity index (χ3n) is 3.39. The molecule has 1 amide bonds. The fourth-order valence-electron chi connectivity index (χ4n) is 2.32. The molecule has 0 atom stereocenters. The molecule has 5 heteroatoms. The van der Waals surface area contributed by atoms with E-state index in [-0.39, 0.29) is 12.7 Å². The minimum atomic E-state index is 0.0168. The Labute approximate surface area is 111 Å². The van der Waals surface area contributed by atoms with E-state index in [1.165, 1.54) is 0 Å². The van der Waals surface area contributed by atoms with Gasteiger partial charge in [-0.05, 0) is 26.0 Å². The second-order valence-corrected chi connectivity index (χ2v) is 4.45. The topological polar surface area (TPSA) is 54.6 Å². The number of aromatic nitrogens is 1. The number of carbonyl (C=O) groups excluding carboxylic acids is 1. The number of aromatic amines is 1. The van der Waals surface area contributed by atoms with Crippen LogP contribution in [-0.2, 0) is 0 Å². The third kappa shape index (κ3) is 1.91. The summed E-state index contributed by atoms with van der Waals surface area (Å²) in [7, 11) is 0. The van der Waals surface area contributed by atoms with Gasteiger partial charge in [-0.3, -0.25) is 4.79 Å². The van der Waals surface area contributed by atoms with Crippen molar-refractivity contribution in [2.45, 2.75) is 13.8 Å². The number of nitrogens with one attached hydrogen (secondary N) is 1. The van der Waals surface area contributed by atoms with Crippen molar-refractivity contribution in [2.24, 2.45) is 0 Å². The molecule has 0 saturated heterocycles. The Kier molecular flexibility index (Phi) is 2.81. The monoisotopic (exact) mass is 260 g/mol. The zero-order valence-corrected chi connectivity index (χ0v) is 11.0. The van der Waals surface area contributed by atoms with Crippen LogP contribution < -0.4 is 9.47 Å². The molecular weight excluding hydrogens is 244 g/mol. The first-order valence-electron chi connectivity index (χ1n) is 6.44. The molecule has 5 nitrogen and oxygen atoms in total. The highest BCUT2D eigenvalue weighted by Crippen LogP contribution is 2.36. The van der Waals surface area contributed by atoms with E-state index in [0.717, 1.165) is 22.4 Å². The highest BCUT2D eigenvalue weighted by atomic mass is 16.7. The molecule has 2 heterocycles. The van der Waals surface area contributed by atoms with E-state index in [1.807, 2.05) is 32.0 Å². The lowest BCUT2D eigenvalue weighted by atomic mass is 10.2. The van der Waals surface area contributed by atoms with Gasteiger partial charge in [-0.2, -0.15) is 0 Å². The van der Waals surface area contributed by atoms with Gasteiger partial charge in [0.05, 0.1) is 0 Å². The van der Waals surface area contributed by atoms with Crippen LogP contribution in [0.4, 0.5) is 0 Å². The maximum Gasteiger partial charge on any atom is 0.270 e. The molecule has 1 aromatic carbocycles. The van der Waals surface area contributed by atoms with Crippen LogP contribution in [0.2, 0.25) is 0 Å².